The van der Waals surface area contributed by atoms with Crippen LogP contribution in [0.4, 0.5) is 10.1 Å². The Bertz CT molecular complexity index is 1050. The van der Waals surface area contributed by atoms with Gasteiger partial charge in [-0.1, -0.05) is 11.6 Å². The third-order valence-corrected chi connectivity index (χ3v) is 6.86. The van der Waals surface area contributed by atoms with Gasteiger partial charge in [-0.15, -0.1) is 0 Å². The topological polar surface area (TPSA) is 92.8 Å². The van der Waals surface area contributed by atoms with Gasteiger partial charge in [-0.3, -0.25) is 4.79 Å². The van der Waals surface area contributed by atoms with Crippen molar-refractivity contribution in [1.82, 2.24) is 4.31 Å². The highest BCUT2D eigenvalue weighted by Crippen LogP contribution is 2.23. The SMILES string of the molecule is CC(OC(=O)c1ccc(S(=O)(=O)N2CCCC2)cc1)C(=O)Nc1ccc(F)cc1Cl. The van der Waals surface area contributed by atoms with Gasteiger partial charge in [-0.05, 0) is 62.2 Å². The summed E-state index contributed by atoms with van der Waals surface area (Å²) in [7, 11) is -3.58. The molecule has 2 aromatic rings. The molecule has 1 atom stereocenters. The molecule has 1 aliphatic rings. The summed E-state index contributed by atoms with van der Waals surface area (Å²) in [4.78, 5) is 24.6. The number of carbonyl (C=O) groups excluding carboxylic acids is 2. The van der Waals surface area contributed by atoms with Gasteiger partial charge in [0.15, 0.2) is 6.10 Å². The maximum absolute atomic E-state index is 13.1. The fourth-order valence-corrected chi connectivity index (χ4v) is 4.68. The maximum atomic E-state index is 13.1. The van der Waals surface area contributed by atoms with Gasteiger partial charge in [0, 0.05) is 13.1 Å². The van der Waals surface area contributed by atoms with Crippen LogP contribution in [0.25, 0.3) is 0 Å². The number of hydrogen-bond donors (Lipinski definition) is 1. The first-order chi connectivity index (χ1) is 14.2. The van der Waals surface area contributed by atoms with Crippen molar-refractivity contribution in [2.24, 2.45) is 0 Å². The highest BCUT2D eigenvalue weighted by Gasteiger charge is 2.27. The Morgan fingerprint density at radius 3 is 2.37 bits per heavy atom. The van der Waals surface area contributed by atoms with Crippen molar-refractivity contribution in [3.05, 3.63) is 58.9 Å². The maximum Gasteiger partial charge on any atom is 0.338 e. The summed E-state index contributed by atoms with van der Waals surface area (Å²) in [6, 6.07) is 8.84. The van der Waals surface area contributed by atoms with Gasteiger partial charge in [0.25, 0.3) is 5.91 Å². The van der Waals surface area contributed by atoms with Crippen molar-refractivity contribution >= 4 is 39.2 Å². The number of sulfonamides is 1. The number of rotatable bonds is 6. The highest BCUT2D eigenvalue weighted by molar-refractivity contribution is 7.89. The second-order valence-corrected chi connectivity index (χ2v) is 9.14. The number of nitrogens with zero attached hydrogens (tertiary/aromatic N) is 1. The number of anilines is 1. The van der Waals surface area contributed by atoms with Crippen LogP contribution < -0.4 is 5.32 Å². The fourth-order valence-electron chi connectivity index (χ4n) is 2.95. The van der Waals surface area contributed by atoms with Crippen LogP contribution in [-0.2, 0) is 19.6 Å². The molecule has 2 aromatic carbocycles. The number of nitrogens with one attached hydrogen (secondary N) is 1. The first-order valence-electron chi connectivity index (χ1n) is 9.25. The molecule has 1 aliphatic heterocycles. The third-order valence-electron chi connectivity index (χ3n) is 4.63. The quantitative estimate of drug-likeness (QED) is 0.675. The number of amides is 1. The smallest absolute Gasteiger partial charge is 0.338 e. The minimum atomic E-state index is -3.58. The third kappa shape index (κ3) is 4.97. The summed E-state index contributed by atoms with van der Waals surface area (Å²) in [6.45, 7) is 2.34. The van der Waals surface area contributed by atoms with Gasteiger partial charge in [-0.25, -0.2) is 17.6 Å². The number of esters is 1. The lowest BCUT2D eigenvalue weighted by Crippen LogP contribution is -2.30. The fraction of sp³-hybridized carbons (Fsp3) is 0.300. The van der Waals surface area contributed by atoms with E-state index >= 15 is 0 Å². The molecule has 10 heteroatoms. The molecule has 0 radical (unpaired) electrons. The minimum absolute atomic E-state index is 0.0108. The second-order valence-electron chi connectivity index (χ2n) is 6.80. The van der Waals surface area contributed by atoms with E-state index in [-0.39, 0.29) is 21.2 Å². The summed E-state index contributed by atoms with van der Waals surface area (Å²) >= 11 is 5.86. The Labute approximate surface area is 178 Å². The van der Waals surface area contributed by atoms with Gasteiger partial charge in [0.2, 0.25) is 10.0 Å². The predicted molar refractivity (Wildman–Crippen MR) is 109 cm³/mol. The lowest BCUT2D eigenvalue weighted by Gasteiger charge is -2.16. The average Bonchev–Trinajstić information content (AvgIpc) is 3.26. The number of carbonyl (C=O) groups is 2. The molecule has 1 heterocycles. The molecule has 7 nitrogen and oxygen atoms in total. The standard InChI is InChI=1S/C20H20ClFN2O5S/c1-13(19(25)23-18-9-6-15(22)12-17(18)21)29-20(26)14-4-7-16(8-5-14)30(27,28)24-10-2-3-11-24/h4-9,12-13H,2-3,10-11H2,1H3,(H,23,25). The van der Waals surface area contributed by atoms with E-state index in [1.54, 1.807) is 0 Å². The van der Waals surface area contributed by atoms with E-state index in [1.807, 2.05) is 0 Å². The Balaban J connectivity index is 1.63. The van der Waals surface area contributed by atoms with Gasteiger partial charge < -0.3 is 10.1 Å². The molecular formula is C20H20ClFN2O5S. The van der Waals surface area contributed by atoms with E-state index in [0.717, 1.165) is 25.0 Å². The first-order valence-corrected chi connectivity index (χ1v) is 11.1. The van der Waals surface area contributed by atoms with E-state index in [4.69, 9.17) is 16.3 Å². The molecule has 160 valence electrons. The first kappa shape index (κ1) is 22.2. The summed E-state index contributed by atoms with van der Waals surface area (Å²) in [5, 5.41) is 2.47. The molecule has 0 aromatic heterocycles. The molecule has 0 aliphatic carbocycles. The van der Waals surface area contributed by atoms with Crippen LogP contribution in [0.1, 0.15) is 30.1 Å². The Hall–Kier alpha value is -2.49. The van der Waals surface area contributed by atoms with Crippen molar-refractivity contribution in [3.8, 4) is 0 Å². The van der Waals surface area contributed by atoms with Gasteiger partial charge in [0.05, 0.1) is 21.2 Å². The minimum Gasteiger partial charge on any atom is -0.449 e. The second kappa shape index (κ2) is 9.11. The zero-order valence-corrected chi connectivity index (χ0v) is 17.7. The van der Waals surface area contributed by atoms with Crippen LogP contribution in [0.15, 0.2) is 47.4 Å². The largest absolute Gasteiger partial charge is 0.449 e. The highest BCUT2D eigenvalue weighted by atomic mass is 35.5. The zero-order valence-electron chi connectivity index (χ0n) is 16.1. The summed E-state index contributed by atoms with van der Waals surface area (Å²) in [5.41, 5.74) is 0.289. The van der Waals surface area contributed by atoms with Crippen molar-refractivity contribution < 1.29 is 27.1 Å². The van der Waals surface area contributed by atoms with Crippen molar-refractivity contribution in [2.75, 3.05) is 18.4 Å². The summed E-state index contributed by atoms with van der Waals surface area (Å²) in [6.07, 6.45) is 0.492. The monoisotopic (exact) mass is 454 g/mol. The summed E-state index contributed by atoms with van der Waals surface area (Å²) < 4.78 is 44.7. The number of ether oxygens (including phenoxy) is 1. The van der Waals surface area contributed by atoms with E-state index in [2.05, 4.69) is 5.32 Å². The van der Waals surface area contributed by atoms with Gasteiger partial charge in [0.1, 0.15) is 5.82 Å². The number of benzene rings is 2. The molecule has 0 saturated carbocycles. The Kier molecular flexibility index (Phi) is 6.74. The van der Waals surface area contributed by atoms with Crippen molar-refractivity contribution in [3.63, 3.8) is 0 Å². The molecule has 30 heavy (non-hydrogen) atoms. The number of hydrogen-bond acceptors (Lipinski definition) is 5. The van der Waals surface area contributed by atoms with Crippen LogP contribution in [0.3, 0.4) is 0 Å². The molecule has 1 saturated heterocycles. The predicted octanol–water partition coefficient (Wildman–Crippen LogP) is 3.45. The van der Waals surface area contributed by atoms with Crippen LogP contribution in [0.5, 0.6) is 0 Å². The zero-order chi connectivity index (χ0) is 21.9. The van der Waals surface area contributed by atoms with Crippen LogP contribution in [-0.4, -0.2) is 43.8 Å². The van der Waals surface area contributed by atoms with E-state index < -0.39 is 33.8 Å². The lowest BCUT2D eigenvalue weighted by molar-refractivity contribution is -0.123. The lowest BCUT2D eigenvalue weighted by atomic mass is 10.2. The van der Waals surface area contributed by atoms with Gasteiger partial charge in [-0.2, -0.15) is 4.31 Å². The summed E-state index contributed by atoms with van der Waals surface area (Å²) in [5.74, 6) is -1.98. The molecular weight excluding hydrogens is 435 g/mol. The van der Waals surface area contributed by atoms with E-state index in [0.29, 0.717) is 13.1 Å². The van der Waals surface area contributed by atoms with Crippen LogP contribution >= 0.6 is 11.6 Å². The molecule has 1 fully saturated rings. The molecule has 3 rings (SSSR count). The number of halogens is 2. The van der Waals surface area contributed by atoms with E-state index in [9.17, 15) is 22.4 Å². The molecule has 1 amide bonds. The Morgan fingerprint density at radius 2 is 1.77 bits per heavy atom. The van der Waals surface area contributed by atoms with Crippen molar-refractivity contribution in [2.45, 2.75) is 30.8 Å². The molecule has 1 N–H and O–H groups in total. The van der Waals surface area contributed by atoms with Gasteiger partial charge >= 0.3 is 5.97 Å². The van der Waals surface area contributed by atoms with Crippen LogP contribution in [0, 0.1) is 5.82 Å². The van der Waals surface area contributed by atoms with E-state index in [1.165, 1.54) is 41.6 Å². The van der Waals surface area contributed by atoms with Crippen LogP contribution in [0.2, 0.25) is 5.02 Å². The molecule has 0 spiro atoms. The normalized spacial score (nSPS) is 15.6. The molecule has 0 bridgehead atoms. The van der Waals surface area contributed by atoms with Crippen molar-refractivity contribution in [1.29, 1.82) is 0 Å². The average molecular weight is 455 g/mol. The Morgan fingerprint density at radius 1 is 1.13 bits per heavy atom. The molecule has 1 unspecified atom stereocenters.